The molecule has 1 amide bonds. The van der Waals surface area contributed by atoms with Crippen LogP contribution in [-0.4, -0.2) is 67.8 Å². The van der Waals surface area contributed by atoms with Gasteiger partial charge in [-0.3, -0.25) is 0 Å². The monoisotopic (exact) mass is 313 g/mol. The van der Waals surface area contributed by atoms with Gasteiger partial charge in [0.25, 0.3) is 0 Å². The van der Waals surface area contributed by atoms with Crippen molar-refractivity contribution in [3.05, 3.63) is 0 Å². The molecule has 1 fully saturated rings. The van der Waals surface area contributed by atoms with Crippen molar-refractivity contribution in [3.63, 3.8) is 0 Å². The maximum Gasteiger partial charge on any atom is 0.407 e. The number of nitrogens with zero attached hydrogens (tertiary/aromatic N) is 2. The summed E-state index contributed by atoms with van der Waals surface area (Å²) in [5.74, 6) is 0. The Balaban J connectivity index is 2.63. The molecule has 5 nitrogen and oxygen atoms in total. The van der Waals surface area contributed by atoms with Crippen molar-refractivity contribution >= 4 is 6.09 Å². The third-order valence-electron chi connectivity index (χ3n) is 4.11. The summed E-state index contributed by atoms with van der Waals surface area (Å²) in [5.41, 5.74) is -0.184. The molecule has 0 aromatic carbocycles. The molecule has 22 heavy (non-hydrogen) atoms. The molecule has 1 heterocycles. The van der Waals surface area contributed by atoms with Crippen LogP contribution in [-0.2, 0) is 4.74 Å². The summed E-state index contributed by atoms with van der Waals surface area (Å²) in [6.07, 6.45) is 1.65. The van der Waals surface area contributed by atoms with Crippen LogP contribution in [0.1, 0.15) is 47.5 Å². The largest absolute Gasteiger partial charge is 0.449 e. The molecule has 0 atom stereocenters. The van der Waals surface area contributed by atoms with E-state index in [1.807, 2.05) is 0 Å². The van der Waals surface area contributed by atoms with E-state index in [1.165, 1.54) is 0 Å². The van der Waals surface area contributed by atoms with E-state index in [0.717, 1.165) is 32.5 Å². The summed E-state index contributed by atoms with van der Waals surface area (Å²) in [5, 5.41) is 3.17. The van der Waals surface area contributed by atoms with E-state index in [9.17, 15) is 4.79 Å². The van der Waals surface area contributed by atoms with Crippen molar-refractivity contribution in [2.24, 2.45) is 5.41 Å². The summed E-state index contributed by atoms with van der Waals surface area (Å²) in [6, 6.07) is 0.560. The van der Waals surface area contributed by atoms with Crippen molar-refractivity contribution in [2.45, 2.75) is 59.0 Å². The minimum Gasteiger partial charge on any atom is -0.449 e. The smallest absolute Gasteiger partial charge is 0.407 e. The third kappa shape index (κ3) is 6.53. The second-order valence-electron chi connectivity index (χ2n) is 8.41. The molecule has 130 valence electrons. The summed E-state index contributed by atoms with van der Waals surface area (Å²) in [4.78, 5) is 16.8. The fourth-order valence-electron chi connectivity index (χ4n) is 2.93. The average Bonchev–Trinajstić information content (AvgIpc) is 2.35. The molecular formula is C17H35N3O2. The van der Waals surface area contributed by atoms with Gasteiger partial charge in [0, 0.05) is 25.7 Å². The second-order valence-corrected chi connectivity index (χ2v) is 8.41. The van der Waals surface area contributed by atoms with E-state index >= 15 is 0 Å². The van der Waals surface area contributed by atoms with Crippen LogP contribution < -0.4 is 5.32 Å². The van der Waals surface area contributed by atoms with E-state index in [0.29, 0.717) is 12.6 Å². The fraction of sp³-hybridized carbons (Fsp3) is 0.941. The number of alkyl carbamates (subject to hydrolysis) is 1. The molecule has 0 unspecified atom stereocenters. The van der Waals surface area contributed by atoms with Gasteiger partial charge in [-0.15, -0.1) is 0 Å². The van der Waals surface area contributed by atoms with Gasteiger partial charge in [-0.2, -0.15) is 0 Å². The van der Waals surface area contributed by atoms with Crippen molar-refractivity contribution in [1.29, 1.82) is 0 Å². The zero-order valence-corrected chi connectivity index (χ0v) is 15.5. The SMILES string of the molecule is CC(C)N1CCC(CN(C)C)(NC(=O)OCC(C)(C)C)CC1. The number of hydrogen-bond donors (Lipinski definition) is 1. The zero-order valence-electron chi connectivity index (χ0n) is 15.5. The lowest BCUT2D eigenvalue weighted by molar-refractivity contribution is 0.0653. The number of likely N-dealkylation sites (tertiary alicyclic amines) is 1. The summed E-state index contributed by atoms with van der Waals surface area (Å²) >= 11 is 0. The summed E-state index contributed by atoms with van der Waals surface area (Å²) in [6.45, 7) is 14.0. The van der Waals surface area contributed by atoms with Gasteiger partial charge in [0.2, 0.25) is 0 Å². The fourth-order valence-corrected chi connectivity index (χ4v) is 2.93. The summed E-state index contributed by atoms with van der Waals surface area (Å²) < 4.78 is 5.41. The standard InChI is InChI=1S/C17H35N3O2/c1-14(2)20-10-8-17(9-11-20,12-19(6)7)18-15(21)22-13-16(3,4)5/h14H,8-13H2,1-7H3,(H,18,21). The minimum atomic E-state index is -0.283. The quantitative estimate of drug-likeness (QED) is 0.847. The Hall–Kier alpha value is -0.810. The van der Waals surface area contributed by atoms with Gasteiger partial charge in [-0.05, 0) is 46.2 Å². The molecular weight excluding hydrogens is 278 g/mol. The van der Waals surface area contributed by atoms with Gasteiger partial charge < -0.3 is 19.9 Å². The second kappa shape index (κ2) is 7.64. The molecule has 0 spiro atoms. The lowest BCUT2D eigenvalue weighted by atomic mass is 9.86. The van der Waals surface area contributed by atoms with Crippen molar-refractivity contribution < 1.29 is 9.53 Å². The van der Waals surface area contributed by atoms with Gasteiger partial charge in [0.05, 0.1) is 12.1 Å². The van der Waals surface area contributed by atoms with E-state index in [2.05, 4.69) is 63.8 Å². The normalized spacial score (nSPS) is 19.5. The predicted octanol–water partition coefficient (Wildman–Crippen LogP) is 2.56. The molecule has 0 aliphatic carbocycles. The molecule has 1 aliphatic rings. The van der Waals surface area contributed by atoms with E-state index in [-0.39, 0.29) is 17.0 Å². The van der Waals surface area contributed by atoms with Crippen LogP contribution in [0.25, 0.3) is 0 Å². The van der Waals surface area contributed by atoms with Crippen LogP contribution in [0, 0.1) is 5.41 Å². The Labute approximate surface area is 136 Å². The Morgan fingerprint density at radius 3 is 2.23 bits per heavy atom. The molecule has 1 saturated heterocycles. The molecule has 0 radical (unpaired) electrons. The van der Waals surface area contributed by atoms with E-state index in [1.54, 1.807) is 0 Å². The van der Waals surface area contributed by atoms with Crippen molar-refractivity contribution in [1.82, 2.24) is 15.1 Å². The first-order valence-electron chi connectivity index (χ1n) is 8.37. The molecule has 1 N–H and O–H groups in total. The van der Waals surface area contributed by atoms with Crippen LogP contribution in [0.15, 0.2) is 0 Å². The first-order valence-corrected chi connectivity index (χ1v) is 8.37. The Kier molecular flexibility index (Phi) is 6.68. The Morgan fingerprint density at radius 2 is 1.82 bits per heavy atom. The minimum absolute atomic E-state index is 0.00689. The predicted molar refractivity (Wildman–Crippen MR) is 91.2 cm³/mol. The van der Waals surface area contributed by atoms with Gasteiger partial charge in [-0.1, -0.05) is 20.8 Å². The van der Waals surface area contributed by atoms with Gasteiger partial charge in [0.1, 0.15) is 0 Å². The zero-order chi connectivity index (χ0) is 17.0. The molecule has 5 heteroatoms. The number of carbonyl (C=O) groups is 1. The highest BCUT2D eigenvalue weighted by atomic mass is 16.5. The Bertz CT molecular complexity index is 353. The van der Waals surface area contributed by atoms with E-state index < -0.39 is 0 Å². The first-order chi connectivity index (χ1) is 10.0. The number of likely N-dealkylation sites (N-methyl/N-ethyl adjacent to an activating group) is 1. The molecule has 0 bridgehead atoms. The number of rotatable bonds is 5. The lowest BCUT2D eigenvalue weighted by Gasteiger charge is -2.44. The maximum absolute atomic E-state index is 12.2. The lowest BCUT2D eigenvalue weighted by Crippen LogP contribution is -2.60. The van der Waals surface area contributed by atoms with Gasteiger partial charge >= 0.3 is 6.09 Å². The van der Waals surface area contributed by atoms with Crippen LogP contribution >= 0.6 is 0 Å². The van der Waals surface area contributed by atoms with Crippen LogP contribution in [0.2, 0.25) is 0 Å². The topological polar surface area (TPSA) is 44.8 Å². The van der Waals surface area contributed by atoms with Gasteiger partial charge in [-0.25, -0.2) is 4.79 Å². The average molecular weight is 313 g/mol. The highest BCUT2D eigenvalue weighted by Crippen LogP contribution is 2.25. The number of carbonyl (C=O) groups excluding carboxylic acids is 1. The van der Waals surface area contributed by atoms with Crippen molar-refractivity contribution in [3.8, 4) is 0 Å². The Morgan fingerprint density at radius 1 is 1.27 bits per heavy atom. The van der Waals surface area contributed by atoms with Gasteiger partial charge in [0.15, 0.2) is 0 Å². The molecule has 1 rings (SSSR count). The molecule has 1 aliphatic heterocycles. The molecule has 0 aromatic heterocycles. The maximum atomic E-state index is 12.2. The number of nitrogens with one attached hydrogen (secondary N) is 1. The number of amides is 1. The molecule has 0 saturated carbocycles. The number of hydrogen-bond acceptors (Lipinski definition) is 4. The highest BCUT2D eigenvalue weighted by molar-refractivity contribution is 5.68. The highest BCUT2D eigenvalue weighted by Gasteiger charge is 2.37. The number of piperidine rings is 1. The van der Waals surface area contributed by atoms with Crippen LogP contribution in [0.4, 0.5) is 4.79 Å². The summed E-state index contributed by atoms with van der Waals surface area (Å²) in [7, 11) is 4.11. The number of ether oxygens (including phenoxy) is 1. The van der Waals surface area contributed by atoms with E-state index in [4.69, 9.17) is 4.74 Å². The first kappa shape index (κ1) is 19.2. The van der Waals surface area contributed by atoms with Crippen LogP contribution in [0.5, 0.6) is 0 Å². The third-order valence-corrected chi connectivity index (χ3v) is 4.11. The van der Waals surface area contributed by atoms with Crippen LogP contribution in [0.3, 0.4) is 0 Å². The van der Waals surface area contributed by atoms with Crippen molar-refractivity contribution in [2.75, 3.05) is 40.3 Å². The molecule has 0 aromatic rings.